The van der Waals surface area contributed by atoms with E-state index in [1.807, 2.05) is 0 Å². The van der Waals surface area contributed by atoms with Crippen LogP contribution in [-0.2, 0) is 37.4 Å². The van der Waals surface area contributed by atoms with Gasteiger partial charge in [-0.05, 0) is 36.4 Å². The quantitative estimate of drug-likeness (QED) is 0.642. The molecule has 8 nitrogen and oxygen atoms in total. The standard InChI is InChI=1S/C20H20ClNO7S/c21-17-9-15-11-27-13-29-19(15)16(10-17)12-28-20(23)14-1-3-18(4-2-14)30(24,25)22-5-7-26-8-6-22/h1-4,9-10H,5-8,11-13H2. The van der Waals surface area contributed by atoms with Crippen LogP contribution in [0.2, 0.25) is 5.02 Å². The average Bonchev–Trinajstić information content (AvgIpc) is 2.77. The van der Waals surface area contributed by atoms with E-state index in [-0.39, 0.29) is 23.9 Å². The van der Waals surface area contributed by atoms with Crippen LogP contribution in [0.1, 0.15) is 21.5 Å². The second-order valence-corrected chi connectivity index (χ2v) is 9.16. The number of rotatable bonds is 5. The van der Waals surface area contributed by atoms with Crippen molar-refractivity contribution in [1.82, 2.24) is 4.31 Å². The molecule has 10 heteroatoms. The minimum Gasteiger partial charge on any atom is -0.467 e. The van der Waals surface area contributed by atoms with Gasteiger partial charge in [0.05, 0.1) is 30.3 Å². The molecule has 0 radical (unpaired) electrons. The van der Waals surface area contributed by atoms with E-state index in [1.54, 1.807) is 12.1 Å². The van der Waals surface area contributed by atoms with Gasteiger partial charge < -0.3 is 18.9 Å². The summed E-state index contributed by atoms with van der Waals surface area (Å²) in [5, 5.41) is 0.492. The number of halogens is 1. The van der Waals surface area contributed by atoms with Crippen LogP contribution in [0.3, 0.4) is 0 Å². The molecular formula is C20H20ClNO7S. The molecule has 1 saturated heterocycles. The number of sulfonamides is 1. The van der Waals surface area contributed by atoms with Gasteiger partial charge in [-0.1, -0.05) is 11.6 Å². The molecule has 1 fully saturated rings. The fourth-order valence-corrected chi connectivity index (χ4v) is 4.96. The smallest absolute Gasteiger partial charge is 0.338 e. The van der Waals surface area contributed by atoms with Crippen molar-refractivity contribution in [3.8, 4) is 5.75 Å². The third kappa shape index (κ3) is 4.45. The molecule has 0 unspecified atom stereocenters. The Labute approximate surface area is 179 Å². The molecule has 0 N–H and O–H groups in total. The van der Waals surface area contributed by atoms with Crippen molar-refractivity contribution in [3.05, 3.63) is 58.1 Å². The molecule has 2 aromatic carbocycles. The fourth-order valence-electron chi connectivity index (χ4n) is 3.29. The van der Waals surface area contributed by atoms with Crippen LogP contribution in [0.15, 0.2) is 41.3 Å². The van der Waals surface area contributed by atoms with E-state index in [0.717, 1.165) is 5.56 Å². The van der Waals surface area contributed by atoms with Gasteiger partial charge in [-0.2, -0.15) is 4.31 Å². The summed E-state index contributed by atoms with van der Waals surface area (Å²) in [5.74, 6) is 0.0245. The first-order valence-corrected chi connectivity index (χ1v) is 11.1. The number of fused-ring (bicyclic) bond motifs is 1. The van der Waals surface area contributed by atoms with Crippen molar-refractivity contribution in [1.29, 1.82) is 0 Å². The van der Waals surface area contributed by atoms with Crippen molar-refractivity contribution in [3.63, 3.8) is 0 Å². The van der Waals surface area contributed by atoms with Gasteiger partial charge in [0.25, 0.3) is 0 Å². The SMILES string of the molecule is O=C(OCc1cc(Cl)cc2c1OCOC2)c1ccc(S(=O)(=O)N2CCOCC2)cc1. The predicted octanol–water partition coefficient (Wildman–Crippen LogP) is 2.58. The monoisotopic (exact) mass is 453 g/mol. The van der Waals surface area contributed by atoms with E-state index in [2.05, 4.69) is 0 Å². The Morgan fingerprint density at radius 3 is 2.57 bits per heavy atom. The van der Waals surface area contributed by atoms with Crippen LogP contribution in [0.5, 0.6) is 5.75 Å². The highest BCUT2D eigenvalue weighted by Gasteiger charge is 2.26. The van der Waals surface area contributed by atoms with Crippen LogP contribution in [0.4, 0.5) is 0 Å². The number of carbonyl (C=O) groups excluding carboxylic acids is 1. The Morgan fingerprint density at radius 2 is 1.83 bits per heavy atom. The summed E-state index contributed by atoms with van der Waals surface area (Å²) >= 11 is 6.12. The number of nitrogens with zero attached hydrogens (tertiary/aromatic N) is 1. The molecule has 0 spiro atoms. The van der Waals surface area contributed by atoms with Gasteiger partial charge in [-0.3, -0.25) is 0 Å². The van der Waals surface area contributed by atoms with Crippen molar-refractivity contribution in [2.45, 2.75) is 18.1 Å². The first-order valence-electron chi connectivity index (χ1n) is 9.32. The molecule has 30 heavy (non-hydrogen) atoms. The highest BCUT2D eigenvalue weighted by molar-refractivity contribution is 7.89. The molecule has 0 bridgehead atoms. The highest BCUT2D eigenvalue weighted by Crippen LogP contribution is 2.32. The topological polar surface area (TPSA) is 91.4 Å². The zero-order valence-electron chi connectivity index (χ0n) is 16.0. The first-order chi connectivity index (χ1) is 14.4. The van der Waals surface area contributed by atoms with Crippen LogP contribution >= 0.6 is 11.6 Å². The number of hydrogen-bond acceptors (Lipinski definition) is 7. The maximum Gasteiger partial charge on any atom is 0.338 e. The van der Waals surface area contributed by atoms with Crippen LogP contribution in [0, 0.1) is 0 Å². The molecule has 0 saturated carbocycles. The number of morpholine rings is 1. The maximum absolute atomic E-state index is 12.7. The second-order valence-electron chi connectivity index (χ2n) is 6.78. The summed E-state index contributed by atoms with van der Waals surface area (Å²) in [6, 6.07) is 9.11. The normalized spacial score (nSPS) is 17.1. The summed E-state index contributed by atoms with van der Waals surface area (Å²) in [6.07, 6.45) is 0. The minimum absolute atomic E-state index is 0.0322. The molecule has 4 rings (SSSR count). The van der Waals surface area contributed by atoms with E-state index in [0.29, 0.717) is 49.2 Å². The molecule has 2 aliphatic rings. The maximum atomic E-state index is 12.7. The molecule has 2 heterocycles. The molecule has 0 amide bonds. The average molecular weight is 454 g/mol. The summed E-state index contributed by atoms with van der Waals surface area (Å²) < 4.78 is 48.0. The number of hydrogen-bond donors (Lipinski definition) is 0. The summed E-state index contributed by atoms with van der Waals surface area (Å²) in [6.45, 7) is 1.81. The van der Waals surface area contributed by atoms with Crippen molar-refractivity contribution >= 4 is 27.6 Å². The molecule has 2 aromatic rings. The van der Waals surface area contributed by atoms with Gasteiger partial charge in [-0.25, -0.2) is 13.2 Å². The van der Waals surface area contributed by atoms with Gasteiger partial charge in [0, 0.05) is 29.2 Å². The third-order valence-corrected chi connectivity index (χ3v) is 6.94. The summed E-state index contributed by atoms with van der Waals surface area (Å²) in [4.78, 5) is 12.6. The van der Waals surface area contributed by atoms with E-state index in [9.17, 15) is 13.2 Å². The highest BCUT2D eigenvalue weighted by atomic mass is 35.5. The van der Waals surface area contributed by atoms with Gasteiger partial charge in [-0.15, -0.1) is 0 Å². The number of benzene rings is 2. The van der Waals surface area contributed by atoms with Gasteiger partial charge in [0.15, 0.2) is 6.79 Å². The molecule has 160 valence electrons. The van der Waals surface area contributed by atoms with E-state index in [1.165, 1.54) is 28.6 Å². The van der Waals surface area contributed by atoms with Gasteiger partial charge in [0.1, 0.15) is 12.4 Å². The second kappa shape index (κ2) is 8.91. The van der Waals surface area contributed by atoms with E-state index < -0.39 is 16.0 Å². The Kier molecular flexibility index (Phi) is 6.26. The number of esters is 1. The van der Waals surface area contributed by atoms with E-state index in [4.69, 9.17) is 30.5 Å². The Bertz CT molecular complexity index is 1030. The lowest BCUT2D eigenvalue weighted by Gasteiger charge is -2.26. The van der Waals surface area contributed by atoms with Crippen molar-refractivity contribution in [2.75, 3.05) is 33.1 Å². The fraction of sp³-hybridized carbons (Fsp3) is 0.350. The largest absolute Gasteiger partial charge is 0.467 e. The van der Waals surface area contributed by atoms with Gasteiger partial charge >= 0.3 is 5.97 Å². The van der Waals surface area contributed by atoms with Crippen molar-refractivity contribution < 1.29 is 32.2 Å². The molecule has 0 aromatic heterocycles. The molecule has 2 aliphatic heterocycles. The molecule has 0 aliphatic carbocycles. The van der Waals surface area contributed by atoms with Crippen LogP contribution < -0.4 is 4.74 Å². The molecular weight excluding hydrogens is 434 g/mol. The Hall–Kier alpha value is -2.17. The Balaban J connectivity index is 1.44. The lowest BCUT2D eigenvalue weighted by Crippen LogP contribution is -2.40. The van der Waals surface area contributed by atoms with Crippen LogP contribution in [0.25, 0.3) is 0 Å². The zero-order chi connectivity index (χ0) is 21.1. The zero-order valence-corrected chi connectivity index (χ0v) is 17.6. The van der Waals surface area contributed by atoms with Crippen molar-refractivity contribution in [2.24, 2.45) is 0 Å². The first kappa shape index (κ1) is 21.1. The predicted molar refractivity (Wildman–Crippen MR) is 107 cm³/mol. The summed E-state index contributed by atoms with van der Waals surface area (Å²) in [5.41, 5.74) is 1.68. The van der Waals surface area contributed by atoms with Gasteiger partial charge in [0.2, 0.25) is 10.0 Å². The van der Waals surface area contributed by atoms with Crippen LogP contribution in [-0.4, -0.2) is 51.8 Å². The summed E-state index contributed by atoms with van der Waals surface area (Å²) in [7, 11) is -3.62. The number of ether oxygens (including phenoxy) is 4. The number of carbonyl (C=O) groups is 1. The molecule has 0 atom stereocenters. The minimum atomic E-state index is -3.62. The lowest BCUT2D eigenvalue weighted by atomic mass is 10.1. The third-order valence-electron chi connectivity index (χ3n) is 4.81. The van der Waals surface area contributed by atoms with E-state index >= 15 is 0 Å². The lowest BCUT2D eigenvalue weighted by molar-refractivity contribution is -0.0180. The Morgan fingerprint density at radius 1 is 1.10 bits per heavy atom.